The van der Waals surface area contributed by atoms with Gasteiger partial charge in [0.25, 0.3) is 0 Å². The van der Waals surface area contributed by atoms with Gasteiger partial charge in [-0.1, -0.05) is 60.7 Å². The Balaban J connectivity index is 2.13. The molecule has 0 radical (unpaired) electrons. The largest absolute Gasteiger partial charge is 0.391 e. The first-order chi connectivity index (χ1) is 9.29. The van der Waals surface area contributed by atoms with Gasteiger partial charge in [-0.2, -0.15) is 0 Å². The molecule has 2 heteroatoms. The van der Waals surface area contributed by atoms with Crippen molar-refractivity contribution in [3.05, 3.63) is 83.6 Å². The number of likely N-dealkylation sites (N-methyl/N-ethyl adjacent to an activating group) is 1. The number of hydrogen-bond donors (Lipinski definition) is 1. The second-order valence-corrected chi connectivity index (χ2v) is 4.31. The van der Waals surface area contributed by atoms with Gasteiger partial charge in [0.05, 0.1) is 0 Å². The first-order valence-corrected chi connectivity index (χ1v) is 6.31. The standard InChI is InChI=1S/C17H17NO/c1-18-16(12-14-8-4-2-5-9-14)13-17(19)15-10-6-3-7-11-15/h2-11,13,18H,12H2,1H3/b16-13-. The van der Waals surface area contributed by atoms with Crippen LogP contribution in [-0.4, -0.2) is 12.8 Å². The maximum Gasteiger partial charge on any atom is 0.187 e. The van der Waals surface area contributed by atoms with Gasteiger partial charge in [0.15, 0.2) is 5.78 Å². The molecule has 0 aliphatic heterocycles. The van der Waals surface area contributed by atoms with E-state index in [0.29, 0.717) is 5.56 Å². The molecule has 2 aromatic rings. The predicted octanol–water partition coefficient (Wildman–Crippen LogP) is 3.22. The second kappa shape index (κ2) is 6.55. The number of benzene rings is 2. The Kier molecular flexibility index (Phi) is 4.51. The summed E-state index contributed by atoms with van der Waals surface area (Å²) in [4.78, 5) is 12.1. The third-order valence-electron chi connectivity index (χ3n) is 2.92. The molecule has 2 nitrogen and oxygen atoms in total. The fourth-order valence-corrected chi connectivity index (χ4v) is 1.87. The van der Waals surface area contributed by atoms with Crippen LogP contribution in [0.5, 0.6) is 0 Å². The minimum Gasteiger partial charge on any atom is -0.391 e. The van der Waals surface area contributed by atoms with Gasteiger partial charge >= 0.3 is 0 Å². The lowest BCUT2D eigenvalue weighted by Crippen LogP contribution is -2.11. The van der Waals surface area contributed by atoms with Gasteiger partial charge in [0.1, 0.15) is 0 Å². The molecule has 0 aliphatic rings. The van der Waals surface area contributed by atoms with Gasteiger partial charge in [-0.3, -0.25) is 4.79 Å². The van der Waals surface area contributed by atoms with Crippen LogP contribution in [0.4, 0.5) is 0 Å². The summed E-state index contributed by atoms with van der Waals surface area (Å²) in [6.45, 7) is 0. The molecule has 0 aliphatic carbocycles. The van der Waals surface area contributed by atoms with Crippen LogP contribution in [0, 0.1) is 0 Å². The van der Waals surface area contributed by atoms with E-state index in [0.717, 1.165) is 12.1 Å². The van der Waals surface area contributed by atoms with Crippen molar-refractivity contribution in [3.63, 3.8) is 0 Å². The topological polar surface area (TPSA) is 29.1 Å². The first kappa shape index (κ1) is 13.1. The zero-order valence-corrected chi connectivity index (χ0v) is 11.0. The number of carbonyl (C=O) groups is 1. The molecule has 0 amide bonds. The van der Waals surface area contributed by atoms with Crippen LogP contribution < -0.4 is 5.32 Å². The summed E-state index contributed by atoms with van der Waals surface area (Å²) in [5, 5.41) is 3.09. The molecular weight excluding hydrogens is 234 g/mol. The molecule has 2 aromatic carbocycles. The van der Waals surface area contributed by atoms with Crippen LogP contribution in [-0.2, 0) is 6.42 Å². The Hall–Kier alpha value is -2.35. The van der Waals surface area contributed by atoms with Crippen LogP contribution in [0.15, 0.2) is 72.4 Å². The molecule has 1 N–H and O–H groups in total. The van der Waals surface area contributed by atoms with E-state index in [1.807, 2.05) is 55.6 Å². The number of ketones is 1. The summed E-state index contributed by atoms with van der Waals surface area (Å²) < 4.78 is 0. The van der Waals surface area contributed by atoms with Crippen LogP contribution in [0.2, 0.25) is 0 Å². The molecule has 0 heterocycles. The van der Waals surface area contributed by atoms with Crippen molar-refractivity contribution in [1.29, 1.82) is 0 Å². The van der Waals surface area contributed by atoms with Gasteiger partial charge in [-0.15, -0.1) is 0 Å². The quantitative estimate of drug-likeness (QED) is 0.653. The monoisotopic (exact) mass is 251 g/mol. The van der Waals surface area contributed by atoms with E-state index in [-0.39, 0.29) is 5.78 Å². The van der Waals surface area contributed by atoms with Crippen LogP contribution in [0.3, 0.4) is 0 Å². The van der Waals surface area contributed by atoms with Gasteiger partial charge in [0.2, 0.25) is 0 Å². The Morgan fingerprint density at radius 3 is 2.16 bits per heavy atom. The van der Waals surface area contributed by atoms with E-state index in [1.54, 1.807) is 6.08 Å². The molecule has 0 aromatic heterocycles. The third-order valence-corrected chi connectivity index (χ3v) is 2.92. The maximum atomic E-state index is 12.1. The zero-order chi connectivity index (χ0) is 13.5. The number of nitrogens with one attached hydrogen (secondary N) is 1. The summed E-state index contributed by atoms with van der Waals surface area (Å²) >= 11 is 0. The SMILES string of the molecule is CN/C(=C\C(=O)c1ccccc1)Cc1ccccc1. The summed E-state index contributed by atoms with van der Waals surface area (Å²) in [6.07, 6.45) is 2.40. The highest BCUT2D eigenvalue weighted by Crippen LogP contribution is 2.08. The predicted molar refractivity (Wildman–Crippen MR) is 78.1 cm³/mol. The highest BCUT2D eigenvalue weighted by molar-refractivity contribution is 6.04. The van der Waals surface area contributed by atoms with E-state index >= 15 is 0 Å². The normalized spacial score (nSPS) is 11.1. The Bertz CT molecular complexity index is 558. The van der Waals surface area contributed by atoms with Gasteiger partial charge in [0, 0.05) is 30.8 Å². The molecule has 0 fully saturated rings. The molecule has 0 atom stereocenters. The summed E-state index contributed by atoms with van der Waals surface area (Å²) in [5.74, 6) is 0.0286. The molecule has 2 rings (SSSR count). The van der Waals surface area contributed by atoms with Crippen LogP contribution >= 0.6 is 0 Å². The lowest BCUT2D eigenvalue weighted by atomic mass is 10.1. The highest BCUT2D eigenvalue weighted by Gasteiger charge is 2.04. The van der Waals surface area contributed by atoms with Gasteiger partial charge in [-0.25, -0.2) is 0 Å². The van der Waals surface area contributed by atoms with Gasteiger partial charge < -0.3 is 5.32 Å². The number of hydrogen-bond acceptors (Lipinski definition) is 2. The van der Waals surface area contributed by atoms with E-state index in [9.17, 15) is 4.79 Å². The van der Waals surface area contributed by atoms with Crippen molar-refractivity contribution >= 4 is 5.78 Å². The Morgan fingerprint density at radius 2 is 1.58 bits per heavy atom. The first-order valence-electron chi connectivity index (χ1n) is 6.31. The smallest absolute Gasteiger partial charge is 0.187 e. The molecule has 19 heavy (non-hydrogen) atoms. The summed E-state index contributed by atoms with van der Waals surface area (Å²) in [5.41, 5.74) is 2.81. The van der Waals surface area contributed by atoms with Crippen molar-refractivity contribution in [2.75, 3.05) is 7.05 Å². The average molecular weight is 251 g/mol. The van der Waals surface area contributed by atoms with Crippen LogP contribution in [0.25, 0.3) is 0 Å². The van der Waals surface area contributed by atoms with Crippen molar-refractivity contribution in [1.82, 2.24) is 5.32 Å². The Labute approximate surface area is 113 Å². The molecular formula is C17H17NO. The molecule has 0 unspecified atom stereocenters. The second-order valence-electron chi connectivity index (χ2n) is 4.31. The van der Waals surface area contributed by atoms with E-state index in [4.69, 9.17) is 0 Å². The summed E-state index contributed by atoms with van der Waals surface area (Å²) in [6, 6.07) is 19.4. The van der Waals surface area contributed by atoms with Crippen molar-refractivity contribution in [3.8, 4) is 0 Å². The van der Waals surface area contributed by atoms with E-state index < -0.39 is 0 Å². The number of allylic oxidation sites excluding steroid dienone is 2. The summed E-state index contributed by atoms with van der Waals surface area (Å²) in [7, 11) is 1.84. The molecule has 0 saturated carbocycles. The Morgan fingerprint density at radius 1 is 1.00 bits per heavy atom. The average Bonchev–Trinajstić information content (AvgIpc) is 2.48. The minimum atomic E-state index is 0.0286. The number of rotatable bonds is 5. The lowest BCUT2D eigenvalue weighted by Gasteiger charge is -2.07. The fraction of sp³-hybridized carbons (Fsp3) is 0.118. The molecule has 0 spiro atoms. The van der Waals surface area contributed by atoms with Crippen molar-refractivity contribution < 1.29 is 4.79 Å². The van der Waals surface area contributed by atoms with E-state index in [2.05, 4.69) is 17.4 Å². The maximum absolute atomic E-state index is 12.1. The zero-order valence-electron chi connectivity index (χ0n) is 11.0. The lowest BCUT2D eigenvalue weighted by molar-refractivity contribution is 0.104. The van der Waals surface area contributed by atoms with E-state index in [1.165, 1.54) is 5.56 Å². The van der Waals surface area contributed by atoms with Gasteiger partial charge in [-0.05, 0) is 5.56 Å². The highest BCUT2D eigenvalue weighted by atomic mass is 16.1. The minimum absolute atomic E-state index is 0.0286. The molecule has 0 saturated heterocycles. The molecule has 0 bridgehead atoms. The third kappa shape index (κ3) is 3.81. The van der Waals surface area contributed by atoms with Crippen molar-refractivity contribution in [2.45, 2.75) is 6.42 Å². The number of carbonyl (C=O) groups excluding carboxylic acids is 1. The van der Waals surface area contributed by atoms with Crippen molar-refractivity contribution in [2.24, 2.45) is 0 Å². The molecule has 96 valence electrons. The van der Waals surface area contributed by atoms with Crippen LogP contribution in [0.1, 0.15) is 15.9 Å². The fourth-order valence-electron chi connectivity index (χ4n) is 1.87.